The van der Waals surface area contributed by atoms with E-state index in [0.717, 1.165) is 23.1 Å². The fraction of sp³-hybridized carbons (Fsp3) is 0.333. The highest BCUT2D eigenvalue weighted by Crippen LogP contribution is 2.45. The Morgan fingerprint density at radius 1 is 0.815 bits per heavy atom. The third kappa shape index (κ3) is 3.47. The monoisotopic (exact) mass is 358 g/mol. The fourth-order valence-corrected chi connectivity index (χ4v) is 4.36. The van der Waals surface area contributed by atoms with Crippen LogP contribution in [0.25, 0.3) is 11.4 Å². The Kier molecular flexibility index (Phi) is 4.16. The number of anilines is 3. The summed E-state index contributed by atoms with van der Waals surface area (Å²) < 4.78 is 0. The van der Waals surface area contributed by atoms with Crippen molar-refractivity contribution in [3.63, 3.8) is 0 Å². The van der Waals surface area contributed by atoms with Gasteiger partial charge in [-0.2, -0.15) is 15.0 Å². The van der Waals surface area contributed by atoms with E-state index in [9.17, 15) is 0 Å². The van der Waals surface area contributed by atoms with Gasteiger partial charge in [0.15, 0.2) is 5.82 Å². The lowest BCUT2D eigenvalue weighted by Crippen LogP contribution is -2.27. The number of hydrogen-bond acceptors (Lipinski definition) is 6. The van der Waals surface area contributed by atoms with Gasteiger partial charge in [0.05, 0.1) is 0 Å². The first kappa shape index (κ1) is 16.2. The van der Waals surface area contributed by atoms with Crippen LogP contribution in [0, 0.1) is 11.8 Å². The number of rotatable bonds is 5. The van der Waals surface area contributed by atoms with Crippen LogP contribution in [0.15, 0.2) is 54.9 Å². The molecule has 2 fully saturated rings. The van der Waals surface area contributed by atoms with Crippen molar-refractivity contribution >= 4 is 17.6 Å². The summed E-state index contributed by atoms with van der Waals surface area (Å²) in [5.41, 5.74) is 1.88. The van der Waals surface area contributed by atoms with Crippen LogP contribution < -0.4 is 10.6 Å². The highest BCUT2D eigenvalue weighted by molar-refractivity contribution is 5.60. The SMILES string of the molecule is c1ccc(-c2nc(Nc3ccncc3)nc(N[C@@H]3C[C@@H]4CC[C@H]3C4)n2)cc1. The molecule has 0 radical (unpaired) electrons. The summed E-state index contributed by atoms with van der Waals surface area (Å²) in [6.07, 6.45) is 8.76. The molecule has 6 heteroatoms. The van der Waals surface area contributed by atoms with Gasteiger partial charge in [0, 0.05) is 29.7 Å². The van der Waals surface area contributed by atoms with Crippen LogP contribution in [-0.4, -0.2) is 26.0 Å². The summed E-state index contributed by atoms with van der Waals surface area (Å²) in [6, 6.07) is 14.3. The summed E-state index contributed by atoms with van der Waals surface area (Å²) in [7, 11) is 0. The lowest BCUT2D eigenvalue weighted by atomic mass is 9.95. The molecule has 136 valence electrons. The molecule has 6 nitrogen and oxygen atoms in total. The van der Waals surface area contributed by atoms with Crippen LogP contribution in [0.4, 0.5) is 17.6 Å². The quantitative estimate of drug-likeness (QED) is 0.709. The maximum absolute atomic E-state index is 4.71. The summed E-state index contributed by atoms with van der Waals surface area (Å²) >= 11 is 0. The fourth-order valence-electron chi connectivity index (χ4n) is 4.36. The van der Waals surface area contributed by atoms with Crippen molar-refractivity contribution in [3.05, 3.63) is 54.9 Å². The predicted octanol–water partition coefficient (Wildman–Crippen LogP) is 4.28. The molecule has 2 aliphatic rings. The molecule has 2 bridgehead atoms. The number of pyridine rings is 1. The van der Waals surface area contributed by atoms with Gasteiger partial charge in [0.2, 0.25) is 11.9 Å². The molecule has 27 heavy (non-hydrogen) atoms. The zero-order valence-corrected chi connectivity index (χ0v) is 15.0. The summed E-state index contributed by atoms with van der Waals surface area (Å²) in [5, 5.41) is 6.87. The molecule has 3 atom stereocenters. The lowest BCUT2D eigenvalue weighted by Gasteiger charge is -2.23. The standard InChI is InChI=1S/C21H22N6/c1-2-4-15(5-3-1)19-25-20(23-17-8-10-22-11-9-17)27-21(26-19)24-18-13-14-6-7-16(18)12-14/h1-5,8-11,14,16,18H,6-7,12-13H2,(H2,22,23,24,25,26,27)/t14-,16+,18-/m1/s1. The first-order chi connectivity index (χ1) is 13.3. The molecule has 2 N–H and O–H groups in total. The molecule has 2 heterocycles. The van der Waals surface area contributed by atoms with E-state index in [0.29, 0.717) is 23.8 Å². The number of nitrogens with one attached hydrogen (secondary N) is 2. The third-order valence-corrected chi connectivity index (χ3v) is 5.66. The molecule has 0 saturated heterocycles. The summed E-state index contributed by atoms with van der Waals surface area (Å²) in [5.74, 6) is 3.49. The Labute approximate surface area is 158 Å². The topological polar surface area (TPSA) is 75.6 Å². The highest BCUT2D eigenvalue weighted by atomic mass is 15.2. The second-order valence-electron chi connectivity index (χ2n) is 7.46. The minimum atomic E-state index is 0.476. The van der Waals surface area contributed by atoms with E-state index in [1.165, 1.54) is 25.7 Å². The van der Waals surface area contributed by atoms with E-state index in [4.69, 9.17) is 4.98 Å². The van der Waals surface area contributed by atoms with Gasteiger partial charge in [-0.05, 0) is 43.2 Å². The van der Waals surface area contributed by atoms with Gasteiger partial charge in [-0.1, -0.05) is 36.8 Å². The molecule has 2 aliphatic carbocycles. The third-order valence-electron chi connectivity index (χ3n) is 5.66. The van der Waals surface area contributed by atoms with Crippen LogP contribution in [0.1, 0.15) is 25.7 Å². The van der Waals surface area contributed by atoms with Gasteiger partial charge in [-0.25, -0.2) is 0 Å². The summed E-state index contributed by atoms with van der Waals surface area (Å²) in [4.78, 5) is 18.0. The summed E-state index contributed by atoms with van der Waals surface area (Å²) in [6.45, 7) is 0. The maximum atomic E-state index is 4.71. The number of nitrogens with zero attached hydrogens (tertiary/aromatic N) is 4. The van der Waals surface area contributed by atoms with Crippen molar-refractivity contribution in [2.75, 3.05) is 10.6 Å². The number of fused-ring (bicyclic) bond motifs is 2. The first-order valence-corrected chi connectivity index (χ1v) is 9.58. The van der Waals surface area contributed by atoms with Crippen LogP contribution in [-0.2, 0) is 0 Å². The van der Waals surface area contributed by atoms with E-state index in [-0.39, 0.29) is 0 Å². The maximum Gasteiger partial charge on any atom is 0.232 e. The molecule has 2 saturated carbocycles. The van der Waals surface area contributed by atoms with E-state index in [2.05, 4.69) is 25.6 Å². The van der Waals surface area contributed by atoms with Crippen molar-refractivity contribution in [2.45, 2.75) is 31.7 Å². The predicted molar refractivity (Wildman–Crippen MR) is 106 cm³/mol. The second kappa shape index (κ2) is 6.95. The molecule has 0 spiro atoms. The highest BCUT2D eigenvalue weighted by Gasteiger charge is 2.39. The van der Waals surface area contributed by atoms with E-state index in [1.807, 2.05) is 42.5 Å². The van der Waals surface area contributed by atoms with Crippen molar-refractivity contribution in [1.82, 2.24) is 19.9 Å². The normalized spacial score (nSPS) is 23.3. The molecule has 5 rings (SSSR count). The Bertz CT molecular complexity index is 914. The molecular formula is C21H22N6. The average Bonchev–Trinajstić information content (AvgIpc) is 3.32. The van der Waals surface area contributed by atoms with Crippen molar-refractivity contribution < 1.29 is 0 Å². The van der Waals surface area contributed by atoms with Crippen molar-refractivity contribution in [2.24, 2.45) is 11.8 Å². The second-order valence-corrected chi connectivity index (χ2v) is 7.46. The Morgan fingerprint density at radius 3 is 2.37 bits per heavy atom. The number of aromatic nitrogens is 4. The molecule has 1 aromatic carbocycles. The van der Waals surface area contributed by atoms with Crippen LogP contribution in [0.5, 0.6) is 0 Å². The van der Waals surface area contributed by atoms with Crippen molar-refractivity contribution in [3.8, 4) is 11.4 Å². The Balaban J connectivity index is 1.46. The van der Waals surface area contributed by atoms with Gasteiger partial charge in [0.1, 0.15) is 0 Å². The molecule has 3 aromatic rings. The van der Waals surface area contributed by atoms with Gasteiger partial charge in [0.25, 0.3) is 0 Å². The minimum Gasteiger partial charge on any atom is -0.351 e. The molecule has 2 aromatic heterocycles. The van der Waals surface area contributed by atoms with Gasteiger partial charge in [-0.3, -0.25) is 4.98 Å². The molecule has 0 amide bonds. The van der Waals surface area contributed by atoms with Crippen LogP contribution >= 0.6 is 0 Å². The zero-order valence-electron chi connectivity index (χ0n) is 15.0. The van der Waals surface area contributed by atoms with Crippen molar-refractivity contribution in [1.29, 1.82) is 0 Å². The lowest BCUT2D eigenvalue weighted by molar-refractivity contribution is 0.438. The first-order valence-electron chi connectivity index (χ1n) is 9.58. The number of benzene rings is 1. The number of hydrogen-bond donors (Lipinski definition) is 2. The average molecular weight is 358 g/mol. The smallest absolute Gasteiger partial charge is 0.232 e. The van der Waals surface area contributed by atoms with E-state index < -0.39 is 0 Å². The van der Waals surface area contributed by atoms with Crippen LogP contribution in [0.3, 0.4) is 0 Å². The van der Waals surface area contributed by atoms with Gasteiger partial charge >= 0.3 is 0 Å². The Morgan fingerprint density at radius 2 is 1.63 bits per heavy atom. The zero-order chi connectivity index (χ0) is 18.1. The van der Waals surface area contributed by atoms with Gasteiger partial charge in [-0.15, -0.1) is 0 Å². The largest absolute Gasteiger partial charge is 0.351 e. The minimum absolute atomic E-state index is 0.476. The van der Waals surface area contributed by atoms with E-state index in [1.54, 1.807) is 12.4 Å². The van der Waals surface area contributed by atoms with E-state index >= 15 is 0 Å². The molecule has 0 aliphatic heterocycles. The van der Waals surface area contributed by atoms with Gasteiger partial charge < -0.3 is 10.6 Å². The Hall–Kier alpha value is -3.02. The van der Waals surface area contributed by atoms with Crippen LogP contribution in [0.2, 0.25) is 0 Å². The molecular weight excluding hydrogens is 336 g/mol. The molecule has 0 unspecified atom stereocenters.